The summed E-state index contributed by atoms with van der Waals surface area (Å²) in [5.41, 5.74) is 0. The Kier molecular flexibility index (Phi) is 4.76. The van der Waals surface area contributed by atoms with Crippen LogP contribution in [0.1, 0.15) is 33.1 Å². The van der Waals surface area contributed by atoms with Gasteiger partial charge in [-0.15, -0.1) is 0 Å². The lowest BCUT2D eigenvalue weighted by Gasteiger charge is -2.34. The molecule has 3 atom stereocenters. The van der Waals surface area contributed by atoms with E-state index in [1.54, 1.807) is 23.3 Å². The molecule has 0 bridgehead atoms. The smallest absolute Gasteiger partial charge is 0.321 e. The molecule has 0 saturated heterocycles. The second-order valence-corrected chi connectivity index (χ2v) is 5.63. The lowest BCUT2D eigenvalue weighted by molar-refractivity contribution is -0.120. The number of nitrogens with zero attached hydrogens (tertiary/aromatic N) is 2. The van der Waals surface area contributed by atoms with Gasteiger partial charge in [0.2, 0.25) is 5.91 Å². The first-order valence-electron chi connectivity index (χ1n) is 7.12. The van der Waals surface area contributed by atoms with Crippen LogP contribution in [0.4, 0.5) is 4.79 Å². The zero-order valence-electron chi connectivity index (χ0n) is 12.0. The van der Waals surface area contributed by atoms with Gasteiger partial charge in [-0.05, 0) is 18.3 Å². The van der Waals surface area contributed by atoms with E-state index < -0.39 is 6.03 Å². The molecule has 1 aromatic rings. The summed E-state index contributed by atoms with van der Waals surface area (Å²) in [6.45, 7) is 4.47. The van der Waals surface area contributed by atoms with Gasteiger partial charge in [-0.25, -0.2) is 9.78 Å². The molecule has 1 fully saturated rings. The average Bonchev–Trinajstić information content (AvgIpc) is 2.87. The van der Waals surface area contributed by atoms with Crippen LogP contribution in [0.25, 0.3) is 0 Å². The molecule has 1 aliphatic carbocycles. The Morgan fingerprint density at radius 1 is 1.35 bits per heavy atom. The van der Waals surface area contributed by atoms with E-state index in [2.05, 4.69) is 29.5 Å². The van der Waals surface area contributed by atoms with Crippen LogP contribution >= 0.6 is 0 Å². The first-order chi connectivity index (χ1) is 9.56. The molecule has 2 rings (SSSR count). The predicted octanol–water partition coefficient (Wildman–Crippen LogP) is 1.53. The largest absolute Gasteiger partial charge is 0.335 e. The Balaban J connectivity index is 1.78. The van der Waals surface area contributed by atoms with Crippen molar-refractivity contribution >= 4 is 11.9 Å². The third-order valence-corrected chi connectivity index (χ3v) is 4.16. The monoisotopic (exact) mass is 278 g/mol. The number of imidazole rings is 1. The molecule has 1 heterocycles. The highest BCUT2D eigenvalue weighted by Crippen LogP contribution is 2.29. The van der Waals surface area contributed by atoms with Crippen molar-refractivity contribution in [3.8, 4) is 0 Å². The topological polar surface area (TPSA) is 76.0 Å². The van der Waals surface area contributed by atoms with Crippen LogP contribution in [0, 0.1) is 11.8 Å². The summed E-state index contributed by atoms with van der Waals surface area (Å²) in [5, 5.41) is 5.28. The Morgan fingerprint density at radius 2 is 2.15 bits per heavy atom. The number of amides is 3. The van der Waals surface area contributed by atoms with Crippen molar-refractivity contribution in [3.05, 3.63) is 18.7 Å². The number of imide groups is 1. The number of rotatable bonds is 3. The normalized spacial score (nSPS) is 26.0. The zero-order valence-corrected chi connectivity index (χ0v) is 12.0. The van der Waals surface area contributed by atoms with Crippen molar-refractivity contribution in [2.75, 3.05) is 0 Å². The van der Waals surface area contributed by atoms with Crippen LogP contribution in [0.3, 0.4) is 0 Å². The number of carbonyl (C=O) groups is 2. The molecule has 110 valence electrons. The fraction of sp³-hybridized carbons (Fsp3) is 0.643. The number of aromatic nitrogens is 2. The van der Waals surface area contributed by atoms with Crippen LogP contribution in [0.5, 0.6) is 0 Å². The Hall–Kier alpha value is -1.85. The highest BCUT2D eigenvalue weighted by molar-refractivity contribution is 5.94. The minimum Gasteiger partial charge on any atom is -0.335 e. The highest BCUT2D eigenvalue weighted by Gasteiger charge is 2.28. The van der Waals surface area contributed by atoms with Gasteiger partial charge in [0, 0.05) is 18.4 Å². The molecular weight excluding hydrogens is 256 g/mol. The maximum Gasteiger partial charge on any atom is 0.321 e. The van der Waals surface area contributed by atoms with Gasteiger partial charge >= 0.3 is 6.03 Å². The quantitative estimate of drug-likeness (QED) is 0.880. The summed E-state index contributed by atoms with van der Waals surface area (Å²) >= 11 is 0. The zero-order chi connectivity index (χ0) is 14.5. The average molecular weight is 278 g/mol. The molecule has 6 nitrogen and oxygen atoms in total. The van der Waals surface area contributed by atoms with Gasteiger partial charge in [0.25, 0.3) is 0 Å². The van der Waals surface area contributed by atoms with Crippen LogP contribution in [0.2, 0.25) is 0 Å². The lowest BCUT2D eigenvalue weighted by Crippen LogP contribution is -2.49. The predicted molar refractivity (Wildman–Crippen MR) is 74.9 cm³/mol. The van der Waals surface area contributed by atoms with E-state index in [1.165, 1.54) is 6.42 Å². The van der Waals surface area contributed by atoms with Crippen molar-refractivity contribution in [2.24, 2.45) is 11.8 Å². The first-order valence-corrected chi connectivity index (χ1v) is 7.12. The molecule has 6 heteroatoms. The molecule has 1 aromatic heterocycles. The third kappa shape index (κ3) is 3.82. The fourth-order valence-electron chi connectivity index (χ4n) is 2.70. The fourth-order valence-corrected chi connectivity index (χ4v) is 2.70. The maximum absolute atomic E-state index is 11.8. The van der Waals surface area contributed by atoms with Crippen LogP contribution in [-0.4, -0.2) is 27.5 Å². The second-order valence-electron chi connectivity index (χ2n) is 5.63. The molecule has 0 aromatic carbocycles. The van der Waals surface area contributed by atoms with Crippen molar-refractivity contribution in [3.63, 3.8) is 0 Å². The molecule has 2 N–H and O–H groups in total. The van der Waals surface area contributed by atoms with Crippen LogP contribution in [0.15, 0.2) is 18.7 Å². The van der Waals surface area contributed by atoms with Gasteiger partial charge in [0.05, 0.1) is 6.33 Å². The molecule has 0 radical (unpaired) electrons. The van der Waals surface area contributed by atoms with Crippen molar-refractivity contribution in [1.82, 2.24) is 20.2 Å². The minimum atomic E-state index is -0.402. The summed E-state index contributed by atoms with van der Waals surface area (Å²) in [6, 6.07) is -0.249. The number of hydrogen-bond acceptors (Lipinski definition) is 3. The standard InChI is InChI=1S/C14H22N4O2/c1-10-4-3-5-12(11(10)2)16-14(20)17-13(19)8-18-7-6-15-9-18/h6-7,9-12H,3-5,8H2,1-2H3,(H2,16,17,19,20)/t10-,11-,12+/m1/s1. The van der Waals surface area contributed by atoms with Crippen molar-refractivity contribution in [2.45, 2.75) is 45.7 Å². The van der Waals surface area contributed by atoms with E-state index in [0.29, 0.717) is 11.8 Å². The van der Waals surface area contributed by atoms with Gasteiger partial charge < -0.3 is 9.88 Å². The van der Waals surface area contributed by atoms with Crippen molar-refractivity contribution in [1.29, 1.82) is 0 Å². The number of hydrogen-bond donors (Lipinski definition) is 2. The Morgan fingerprint density at radius 3 is 2.85 bits per heavy atom. The molecule has 0 spiro atoms. The summed E-state index contributed by atoms with van der Waals surface area (Å²) in [7, 11) is 0. The molecule has 0 unspecified atom stereocenters. The SMILES string of the molecule is C[C@@H]1[C@H](C)CCC[C@@H]1NC(=O)NC(=O)Cn1ccnc1. The summed E-state index contributed by atoms with van der Waals surface area (Å²) in [5.74, 6) is 0.714. The first kappa shape index (κ1) is 14.6. The second kappa shape index (κ2) is 6.54. The number of urea groups is 1. The van der Waals surface area contributed by atoms with E-state index in [-0.39, 0.29) is 18.5 Å². The highest BCUT2D eigenvalue weighted by atomic mass is 16.2. The van der Waals surface area contributed by atoms with Crippen LogP contribution < -0.4 is 10.6 Å². The molecule has 0 aliphatic heterocycles. The Bertz CT molecular complexity index is 458. The lowest BCUT2D eigenvalue weighted by atomic mass is 9.78. The van der Waals surface area contributed by atoms with Gasteiger partial charge in [-0.3, -0.25) is 10.1 Å². The van der Waals surface area contributed by atoms with Crippen LogP contribution in [-0.2, 0) is 11.3 Å². The van der Waals surface area contributed by atoms with E-state index in [0.717, 1.165) is 12.8 Å². The van der Waals surface area contributed by atoms with E-state index >= 15 is 0 Å². The van der Waals surface area contributed by atoms with E-state index in [9.17, 15) is 9.59 Å². The number of carbonyl (C=O) groups excluding carboxylic acids is 2. The van der Waals surface area contributed by atoms with Gasteiger partial charge in [0.1, 0.15) is 6.54 Å². The van der Waals surface area contributed by atoms with Gasteiger partial charge in [0.15, 0.2) is 0 Å². The van der Waals surface area contributed by atoms with Gasteiger partial charge in [-0.2, -0.15) is 0 Å². The molecule has 20 heavy (non-hydrogen) atoms. The Labute approximate surface area is 119 Å². The molecule has 1 saturated carbocycles. The van der Waals surface area contributed by atoms with Crippen molar-refractivity contribution < 1.29 is 9.59 Å². The summed E-state index contributed by atoms with van der Waals surface area (Å²) in [6.07, 6.45) is 8.14. The van der Waals surface area contributed by atoms with Gasteiger partial charge in [-0.1, -0.05) is 26.7 Å². The maximum atomic E-state index is 11.8. The third-order valence-electron chi connectivity index (χ3n) is 4.16. The molecule has 3 amide bonds. The summed E-state index contributed by atoms with van der Waals surface area (Å²) in [4.78, 5) is 27.4. The molecular formula is C14H22N4O2. The number of nitrogens with one attached hydrogen (secondary N) is 2. The summed E-state index contributed by atoms with van der Waals surface area (Å²) < 4.78 is 1.62. The van der Waals surface area contributed by atoms with E-state index in [1.807, 2.05) is 0 Å². The minimum absolute atomic E-state index is 0.101. The van der Waals surface area contributed by atoms with E-state index in [4.69, 9.17) is 0 Å². The molecule has 1 aliphatic rings.